The van der Waals surface area contributed by atoms with Gasteiger partial charge in [-0.3, -0.25) is 10.1 Å². The zero-order valence-corrected chi connectivity index (χ0v) is 14.7. The quantitative estimate of drug-likeness (QED) is 0.650. The zero-order chi connectivity index (χ0) is 18.4. The minimum absolute atomic E-state index is 0.0112. The van der Waals surface area contributed by atoms with Gasteiger partial charge in [0.15, 0.2) is 0 Å². The first-order valence-electron chi connectivity index (χ1n) is 7.96. The summed E-state index contributed by atoms with van der Waals surface area (Å²) in [5.41, 5.74) is 1.51. The van der Waals surface area contributed by atoms with Gasteiger partial charge in [0, 0.05) is 11.1 Å². The molecule has 1 aromatic heterocycles. The first-order valence-corrected chi connectivity index (χ1v) is 8.34. The molecule has 1 amide bonds. The van der Waals surface area contributed by atoms with Crippen molar-refractivity contribution in [3.8, 4) is 17.2 Å². The normalized spacial score (nSPS) is 10.8. The average Bonchev–Trinajstić information content (AvgIpc) is 3.10. The molecular formula is C19H16ClN3O3. The molecule has 132 valence electrons. The van der Waals surface area contributed by atoms with E-state index < -0.39 is 0 Å². The summed E-state index contributed by atoms with van der Waals surface area (Å²) in [5, 5.41) is 11.0. The number of para-hydroxylation sites is 1. The van der Waals surface area contributed by atoms with Crippen LogP contribution in [0.3, 0.4) is 0 Å². The molecule has 0 saturated carbocycles. The van der Waals surface area contributed by atoms with Gasteiger partial charge in [-0.25, -0.2) is 0 Å². The molecule has 1 heterocycles. The highest BCUT2D eigenvalue weighted by Crippen LogP contribution is 2.29. The van der Waals surface area contributed by atoms with E-state index >= 15 is 0 Å². The van der Waals surface area contributed by atoms with Crippen molar-refractivity contribution in [3.63, 3.8) is 0 Å². The van der Waals surface area contributed by atoms with Crippen LogP contribution < -0.4 is 10.1 Å². The highest BCUT2D eigenvalue weighted by Gasteiger charge is 2.14. The highest BCUT2D eigenvalue weighted by atomic mass is 35.5. The van der Waals surface area contributed by atoms with Gasteiger partial charge >= 0.3 is 6.01 Å². The van der Waals surface area contributed by atoms with E-state index in [0.717, 1.165) is 5.56 Å². The van der Waals surface area contributed by atoms with Crippen molar-refractivity contribution in [2.75, 3.05) is 11.9 Å². The number of anilines is 1. The van der Waals surface area contributed by atoms with Crippen molar-refractivity contribution in [2.24, 2.45) is 0 Å². The minimum Gasteiger partial charge on any atom is -0.493 e. The molecule has 0 aliphatic carbocycles. The number of nitrogens with zero attached hydrogens (tertiary/aromatic N) is 2. The molecule has 0 radical (unpaired) electrons. The Morgan fingerprint density at radius 3 is 2.73 bits per heavy atom. The smallest absolute Gasteiger partial charge is 0.322 e. The van der Waals surface area contributed by atoms with Crippen LogP contribution in [0.25, 0.3) is 17.5 Å². The predicted molar refractivity (Wildman–Crippen MR) is 100 cm³/mol. The second kappa shape index (κ2) is 8.31. The lowest BCUT2D eigenvalue weighted by atomic mass is 10.2. The molecule has 1 N–H and O–H groups in total. The Kier molecular flexibility index (Phi) is 5.66. The molecule has 0 fully saturated rings. The first kappa shape index (κ1) is 17.7. The van der Waals surface area contributed by atoms with E-state index in [9.17, 15) is 4.79 Å². The fraction of sp³-hybridized carbons (Fsp3) is 0.105. The van der Waals surface area contributed by atoms with E-state index in [4.69, 9.17) is 20.8 Å². The highest BCUT2D eigenvalue weighted by molar-refractivity contribution is 6.30. The van der Waals surface area contributed by atoms with E-state index in [0.29, 0.717) is 22.9 Å². The molecule has 7 heteroatoms. The molecule has 0 aliphatic heterocycles. The molecule has 3 aromatic rings. The maximum atomic E-state index is 12.0. The van der Waals surface area contributed by atoms with Crippen LogP contribution in [-0.4, -0.2) is 22.7 Å². The van der Waals surface area contributed by atoms with E-state index in [1.807, 2.05) is 43.3 Å². The summed E-state index contributed by atoms with van der Waals surface area (Å²) in [6.07, 6.45) is 3.04. The van der Waals surface area contributed by atoms with Gasteiger partial charge in [0.1, 0.15) is 5.75 Å². The topological polar surface area (TPSA) is 77.3 Å². The number of carbonyl (C=O) groups is 1. The molecule has 6 nitrogen and oxygen atoms in total. The van der Waals surface area contributed by atoms with Crippen LogP contribution in [0.4, 0.5) is 6.01 Å². The third-order valence-corrected chi connectivity index (χ3v) is 3.62. The van der Waals surface area contributed by atoms with Gasteiger partial charge in [0.2, 0.25) is 0 Å². The van der Waals surface area contributed by atoms with Crippen LogP contribution in [0.15, 0.2) is 59.0 Å². The summed E-state index contributed by atoms with van der Waals surface area (Å²) in [7, 11) is 0. The van der Waals surface area contributed by atoms with Crippen LogP contribution in [0, 0.1) is 0 Å². The number of amides is 1. The first-order chi connectivity index (χ1) is 12.7. The summed E-state index contributed by atoms with van der Waals surface area (Å²) in [6.45, 7) is 2.41. The number of rotatable bonds is 6. The van der Waals surface area contributed by atoms with Gasteiger partial charge in [0.05, 0.1) is 12.2 Å². The lowest BCUT2D eigenvalue weighted by molar-refractivity contribution is -0.112. The number of carbonyl (C=O) groups excluding carboxylic acids is 1. The summed E-state index contributed by atoms with van der Waals surface area (Å²) in [5.74, 6) is 0.526. The summed E-state index contributed by atoms with van der Waals surface area (Å²) in [6, 6.07) is 14.4. The maximum absolute atomic E-state index is 12.0. The summed E-state index contributed by atoms with van der Waals surface area (Å²) >= 11 is 5.83. The van der Waals surface area contributed by atoms with Crippen molar-refractivity contribution < 1.29 is 13.9 Å². The number of aromatic nitrogens is 2. The Morgan fingerprint density at radius 1 is 1.19 bits per heavy atom. The number of halogens is 1. The molecule has 3 rings (SSSR count). The molecule has 0 saturated heterocycles. The van der Waals surface area contributed by atoms with Gasteiger partial charge in [-0.2, -0.15) is 0 Å². The standard InChI is InChI=1S/C19H16ClN3O3/c1-2-25-16-6-4-3-5-15(16)18-22-23-19(26-18)21-17(24)12-9-13-7-10-14(20)11-8-13/h3-12H,2H2,1H3,(H,21,23,24)/b12-9+. The van der Waals surface area contributed by atoms with Gasteiger partial charge in [-0.05, 0) is 42.8 Å². The van der Waals surface area contributed by atoms with Gasteiger partial charge < -0.3 is 9.15 Å². The van der Waals surface area contributed by atoms with E-state index in [1.165, 1.54) is 6.08 Å². The number of hydrogen-bond acceptors (Lipinski definition) is 5. The van der Waals surface area contributed by atoms with Crippen molar-refractivity contribution in [1.29, 1.82) is 0 Å². The summed E-state index contributed by atoms with van der Waals surface area (Å²) in [4.78, 5) is 12.0. The second-order valence-corrected chi connectivity index (χ2v) is 5.65. The zero-order valence-electron chi connectivity index (χ0n) is 14.0. The number of ether oxygens (including phenoxy) is 1. The van der Waals surface area contributed by atoms with Gasteiger partial charge in [0.25, 0.3) is 11.8 Å². The Hall–Kier alpha value is -3.12. The average molecular weight is 370 g/mol. The third kappa shape index (κ3) is 4.49. The molecule has 0 spiro atoms. The van der Waals surface area contributed by atoms with Crippen molar-refractivity contribution in [2.45, 2.75) is 6.92 Å². The maximum Gasteiger partial charge on any atom is 0.322 e. The van der Waals surface area contributed by atoms with Crippen LogP contribution >= 0.6 is 11.6 Å². The summed E-state index contributed by atoms with van der Waals surface area (Å²) < 4.78 is 11.1. The number of nitrogens with one attached hydrogen (secondary N) is 1. The monoisotopic (exact) mass is 369 g/mol. The third-order valence-electron chi connectivity index (χ3n) is 3.37. The Bertz CT molecular complexity index is 920. The van der Waals surface area contributed by atoms with Crippen LogP contribution in [0.5, 0.6) is 5.75 Å². The predicted octanol–water partition coefficient (Wildman–Crippen LogP) is 4.44. The van der Waals surface area contributed by atoms with E-state index in [-0.39, 0.29) is 17.8 Å². The Morgan fingerprint density at radius 2 is 1.96 bits per heavy atom. The fourth-order valence-electron chi connectivity index (χ4n) is 2.20. The Labute approximate surface area is 155 Å². The molecule has 2 aromatic carbocycles. The Balaban J connectivity index is 1.68. The van der Waals surface area contributed by atoms with Crippen LogP contribution in [-0.2, 0) is 4.79 Å². The van der Waals surface area contributed by atoms with Gasteiger partial charge in [-0.15, -0.1) is 5.10 Å². The molecule has 0 aliphatic rings. The van der Waals surface area contributed by atoms with Crippen molar-refractivity contribution in [3.05, 3.63) is 65.2 Å². The van der Waals surface area contributed by atoms with Crippen LogP contribution in [0.1, 0.15) is 12.5 Å². The second-order valence-electron chi connectivity index (χ2n) is 5.22. The number of benzene rings is 2. The van der Waals surface area contributed by atoms with E-state index in [1.54, 1.807) is 18.2 Å². The van der Waals surface area contributed by atoms with Crippen molar-refractivity contribution in [1.82, 2.24) is 10.2 Å². The van der Waals surface area contributed by atoms with Gasteiger partial charge in [-0.1, -0.05) is 41.0 Å². The lowest BCUT2D eigenvalue weighted by Gasteiger charge is -2.06. The molecule has 26 heavy (non-hydrogen) atoms. The minimum atomic E-state index is -0.381. The fourth-order valence-corrected chi connectivity index (χ4v) is 2.33. The van der Waals surface area contributed by atoms with Crippen molar-refractivity contribution >= 4 is 29.6 Å². The molecule has 0 bridgehead atoms. The molecule has 0 atom stereocenters. The molecular weight excluding hydrogens is 354 g/mol. The number of hydrogen-bond donors (Lipinski definition) is 1. The lowest BCUT2D eigenvalue weighted by Crippen LogP contribution is -2.07. The SMILES string of the molecule is CCOc1ccccc1-c1nnc(NC(=O)/C=C/c2ccc(Cl)cc2)o1. The van der Waals surface area contributed by atoms with E-state index in [2.05, 4.69) is 15.5 Å². The largest absolute Gasteiger partial charge is 0.493 e. The van der Waals surface area contributed by atoms with Crippen LogP contribution in [0.2, 0.25) is 5.02 Å². The molecule has 0 unspecified atom stereocenters.